The zero-order valence-electron chi connectivity index (χ0n) is 18.7. The number of thiazole rings is 1. The summed E-state index contributed by atoms with van der Waals surface area (Å²) in [5.41, 5.74) is 3.92. The lowest BCUT2D eigenvalue weighted by atomic mass is 9.98. The van der Waals surface area contributed by atoms with Crippen LogP contribution in [0, 0.1) is 11.3 Å². The quantitative estimate of drug-likeness (QED) is 0.470. The molecular formula is C26H23N3O5S. The van der Waals surface area contributed by atoms with Crippen LogP contribution in [0.15, 0.2) is 54.7 Å². The number of rotatable bonds is 6. The number of aromatic nitrogens is 1. The number of ether oxygens (including phenoxy) is 1. The molecule has 6 rings (SSSR count). The lowest BCUT2D eigenvalue weighted by Crippen LogP contribution is -2.34. The number of fused-ring (bicyclic) bond motifs is 4. The fourth-order valence-corrected chi connectivity index (χ4v) is 6.39. The Bertz CT molecular complexity index is 1310. The number of hydrogen-bond acceptors (Lipinski definition) is 6. The van der Waals surface area contributed by atoms with E-state index in [1.54, 1.807) is 0 Å². The van der Waals surface area contributed by atoms with Crippen LogP contribution in [0.1, 0.15) is 46.0 Å². The predicted octanol–water partition coefficient (Wildman–Crippen LogP) is 4.49. The molecule has 0 saturated heterocycles. The van der Waals surface area contributed by atoms with Gasteiger partial charge in [0, 0.05) is 12.0 Å². The van der Waals surface area contributed by atoms with Crippen molar-refractivity contribution in [3.63, 3.8) is 0 Å². The van der Waals surface area contributed by atoms with E-state index in [1.165, 1.54) is 6.20 Å². The molecule has 9 heteroatoms. The van der Waals surface area contributed by atoms with Crippen molar-refractivity contribution >= 4 is 34.4 Å². The Hall–Kier alpha value is -3.72. The molecule has 3 aliphatic carbocycles. The minimum Gasteiger partial charge on any atom is -0.481 e. The van der Waals surface area contributed by atoms with Crippen molar-refractivity contribution in [1.29, 1.82) is 0 Å². The summed E-state index contributed by atoms with van der Waals surface area (Å²) in [6, 6.07) is 16.1. The molecule has 2 aromatic carbocycles. The van der Waals surface area contributed by atoms with E-state index in [4.69, 9.17) is 4.74 Å². The van der Waals surface area contributed by atoms with Crippen LogP contribution in [0.2, 0.25) is 0 Å². The Kier molecular flexibility index (Phi) is 5.10. The Balaban J connectivity index is 1.05. The first-order chi connectivity index (χ1) is 16.9. The Labute approximate surface area is 205 Å². The minimum absolute atomic E-state index is 0.0440. The summed E-state index contributed by atoms with van der Waals surface area (Å²) in [5, 5.41) is 15.2. The van der Waals surface area contributed by atoms with Crippen molar-refractivity contribution in [3.05, 3.63) is 70.7 Å². The first kappa shape index (κ1) is 21.8. The van der Waals surface area contributed by atoms with E-state index in [1.807, 2.05) is 24.3 Å². The zero-order valence-corrected chi connectivity index (χ0v) is 19.5. The fraction of sp³-hybridized carbons (Fsp3) is 0.308. The number of hydrogen-bond donors (Lipinski definition) is 3. The topological polar surface area (TPSA) is 118 Å². The molecule has 0 radical (unpaired) electrons. The second-order valence-corrected chi connectivity index (χ2v) is 10.5. The molecule has 3 aromatic rings. The summed E-state index contributed by atoms with van der Waals surface area (Å²) in [5.74, 6) is -0.975. The highest BCUT2D eigenvalue weighted by atomic mass is 32.1. The fourth-order valence-electron chi connectivity index (χ4n) is 5.68. The van der Waals surface area contributed by atoms with E-state index in [9.17, 15) is 19.5 Å². The summed E-state index contributed by atoms with van der Waals surface area (Å²) in [4.78, 5) is 41.0. The van der Waals surface area contributed by atoms with Gasteiger partial charge in [0.25, 0.3) is 5.91 Å². The van der Waals surface area contributed by atoms with Crippen LogP contribution in [-0.2, 0) is 9.53 Å². The van der Waals surface area contributed by atoms with Gasteiger partial charge in [0.05, 0.1) is 11.6 Å². The third-order valence-corrected chi connectivity index (χ3v) is 8.37. The Morgan fingerprint density at radius 3 is 2.40 bits per heavy atom. The Morgan fingerprint density at radius 2 is 1.74 bits per heavy atom. The number of carbonyl (C=O) groups is 3. The molecule has 178 valence electrons. The van der Waals surface area contributed by atoms with Gasteiger partial charge in [-0.3, -0.25) is 14.9 Å². The normalized spacial score (nSPS) is 23.7. The molecule has 0 spiro atoms. The molecule has 2 fully saturated rings. The summed E-state index contributed by atoms with van der Waals surface area (Å²) in [6.45, 7) is 0.187. The standard InChI is InChI=1S/C26H23N3O5S/c30-22(28-15-9-14-10-26(14,11-15)23(31)32)21-12-27-24(35-21)29-25(33)34-13-20-18-7-3-1-5-16(18)17-6-2-4-8-19(17)20/h1-8,12,14-15,20H,9-11,13H2,(H,28,30)(H,31,32)(H,27,29,33). The first-order valence-corrected chi connectivity index (χ1v) is 12.4. The number of carbonyl (C=O) groups excluding carboxylic acids is 2. The number of carboxylic acids is 1. The number of amides is 2. The van der Waals surface area contributed by atoms with E-state index in [0.717, 1.165) is 33.6 Å². The highest BCUT2D eigenvalue weighted by Gasteiger charge is 2.65. The summed E-state index contributed by atoms with van der Waals surface area (Å²) in [7, 11) is 0. The van der Waals surface area contributed by atoms with Gasteiger partial charge in [0.1, 0.15) is 11.5 Å². The number of nitrogens with zero attached hydrogens (tertiary/aromatic N) is 1. The van der Waals surface area contributed by atoms with Crippen LogP contribution in [0.25, 0.3) is 11.1 Å². The molecular weight excluding hydrogens is 466 g/mol. The molecule has 8 nitrogen and oxygen atoms in total. The molecule has 2 saturated carbocycles. The molecule has 3 unspecified atom stereocenters. The monoisotopic (exact) mass is 489 g/mol. The second kappa shape index (κ2) is 8.20. The largest absolute Gasteiger partial charge is 0.481 e. The number of aliphatic carboxylic acids is 1. The van der Waals surface area contributed by atoms with E-state index in [-0.39, 0.29) is 35.5 Å². The van der Waals surface area contributed by atoms with E-state index >= 15 is 0 Å². The molecule has 1 heterocycles. The van der Waals surface area contributed by atoms with Crippen molar-refractivity contribution in [2.75, 3.05) is 11.9 Å². The second-order valence-electron chi connectivity index (χ2n) is 9.45. The molecule has 3 aliphatic rings. The maximum atomic E-state index is 12.6. The SMILES string of the molecule is O=C(Nc1ncc(C(=O)NC2CC3CC3(C(=O)O)C2)s1)OCC1c2ccccc2-c2ccccc21. The van der Waals surface area contributed by atoms with Gasteiger partial charge < -0.3 is 15.2 Å². The molecule has 1 aromatic heterocycles. The summed E-state index contributed by atoms with van der Waals surface area (Å²) < 4.78 is 5.53. The molecule has 3 N–H and O–H groups in total. The predicted molar refractivity (Wildman–Crippen MR) is 129 cm³/mol. The highest BCUT2D eigenvalue weighted by molar-refractivity contribution is 7.17. The number of nitrogens with one attached hydrogen (secondary N) is 2. The average Bonchev–Trinajstić information content (AvgIpc) is 3.17. The van der Waals surface area contributed by atoms with Crippen molar-refractivity contribution in [2.24, 2.45) is 11.3 Å². The molecule has 0 bridgehead atoms. The average molecular weight is 490 g/mol. The lowest BCUT2D eigenvalue weighted by molar-refractivity contribution is -0.143. The van der Waals surface area contributed by atoms with Gasteiger partial charge in [-0.15, -0.1) is 0 Å². The lowest BCUT2D eigenvalue weighted by Gasteiger charge is -2.15. The van der Waals surface area contributed by atoms with Crippen molar-refractivity contribution in [2.45, 2.75) is 31.2 Å². The van der Waals surface area contributed by atoms with E-state index in [0.29, 0.717) is 24.1 Å². The molecule has 35 heavy (non-hydrogen) atoms. The third-order valence-electron chi connectivity index (χ3n) is 7.45. The van der Waals surface area contributed by atoms with Gasteiger partial charge in [-0.25, -0.2) is 9.78 Å². The van der Waals surface area contributed by atoms with Gasteiger partial charge >= 0.3 is 12.1 Å². The smallest absolute Gasteiger partial charge is 0.413 e. The minimum atomic E-state index is -0.772. The maximum absolute atomic E-state index is 12.6. The number of anilines is 1. The Morgan fingerprint density at radius 1 is 1.06 bits per heavy atom. The van der Waals surface area contributed by atoms with E-state index < -0.39 is 17.5 Å². The summed E-state index contributed by atoms with van der Waals surface area (Å²) in [6.07, 6.45) is 2.61. The molecule has 0 aliphatic heterocycles. The molecule has 3 atom stereocenters. The zero-order chi connectivity index (χ0) is 24.2. The van der Waals surface area contributed by atoms with Crippen LogP contribution < -0.4 is 10.6 Å². The highest BCUT2D eigenvalue weighted by Crippen LogP contribution is 2.63. The van der Waals surface area contributed by atoms with Gasteiger partial charge in [-0.05, 0) is 47.4 Å². The van der Waals surface area contributed by atoms with Crippen LogP contribution >= 0.6 is 11.3 Å². The van der Waals surface area contributed by atoms with Crippen LogP contribution in [0.5, 0.6) is 0 Å². The van der Waals surface area contributed by atoms with Crippen molar-refractivity contribution in [1.82, 2.24) is 10.3 Å². The number of benzene rings is 2. The molecule has 2 amide bonds. The van der Waals surface area contributed by atoms with Crippen LogP contribution in [0.3, 0.4) is 0 Å². The third kappa shape index (κ3) is 3.76. The van der Waals surface area contributed by atoms with Gasteiger partial charge in [0.15, 0.2) is 5.13 Å². The van der Waals surface area contributed by atoms with Crippen LogP contribution in [-0.4, -0.2) is 40.7 Å². The van der Waals surface area contributed by atoms with Gasteiger partial charge in [-0.2, -0.15) is 0 Å². The van der Waals surface area contributed by atoms with Gasteiger partial charge in [0.2, 0.25) is 0 Å². The van der Waals surface area contributed by atoms with E-state index in [2.05, 4.69) is 39.9 Å². The summed E-state index contributed by atoms with van der Waals surface area (Å²) >= 11 is 1.05. The van der Waals surface area contributed by atoms with Gasteiger partial charge in [-0.1, -0.05) is 59.9 Å². The van der Waals surface area contributed by atoms with Crippen molar-refractivity contribution in [3.8, 4) is 11.1 Å². The van der Waals surface area contributed by atoms with Crippen LogP contribution in [0.4, 0.5) is 9.93 Å². The maximum Gasteiger partial charge on any atom is 0.413 e. The number of carboxylic acid groups (broad SMARTS) is 1. The van der Waals surface area contributed by atoms with Crippen molar-refractivity contribution < 1.29 is 24.2 Å². The first-order valence-electron chi connectivity index (χ1n) is 11.6.